The molecule has 0 aromatic heterocycles. The Bertz CT molecular complexity index is 871. The Balaban J connectivity index is 1.74. The highest BCUT2D eigenvalue weighted by Crippen LogP contribution is 2.14. The molecule has 8 heteroatoms. The van der Waals surface area contributed by atoms with E-state index in [0.29, 0.717) is 17.1 Å². The Labute approximate surface area is 175 Å². The minimum atomic E-state index is -0.663. The molecule has 0 radical (unpaired) electrons. The van der Waals surface area contributed by atoms with Crippen LogP contribution in [0.4, 0.5) is 16.2 Å². The maximum atomic E-state index is 12.0. The standard InChI is InChI=1S/C22H27N3O5/c1-15-5-11-18(12-6-15)29-14-20(27)25-17-9-7-16(8-10-17)24-19(26)13-23-21(28)30-22(2,3)4/h5-12H,13-14H2,1-4H3,(H,23,28)(H,24,26)(H,25,27). The highest BCUT2D eigenvalue weighted by Gasteiger charge is 2.16. The highest BCUT2D eigenvalue weighted by atomic mass is 16.6. The topological polar surface area (TPSA) is 106 Å². The quantitative estimate of drug-likeness (QED) is 0.644. The lowest BCUT2D eigenvalue weighted by Crippen LogP contribution is -2.37. The Kier molecular flexibility index (Phi) is 7.80. The van der Waals surface area contributed by atoms with Crippen LogP contribution >= 0.6 is 0 Å². The van der Waals surface area contributed by atoms with Gasteiger partial charge in [0.15, 0.2) is 6.61 Å². The maximum absolute atomic E-state index is 12.0. The van der Waals surface area contributed by atoms with Gasteiger partial charge < -0.3 is 25.4 Å². The summed E-state index contributed by atoms with van der Waals surface area (Å²) in [7, 11) is 0. The van der Waals surface area contributed by atoms with Gasteiger partial charge in [-0.05, 0) is 64.1 Å². The Morgan fingerprint density at radius 2 is 1.37 bits per heavy atom. The van der Waals surface area contributed by atoms with Crippen LogP contribution in [0.25, 0.3) is 0 Å². The number of rotatable bonds is 7. The summed E-state index contributed by atoms with van der Waals surface area (Å²) in [6.07, 6.45) is -0.663. The van der Waals surface area contributed by atoms with E-state index in [-0.39, 0.29) is 19.1 Å². The second-order valence-electron chi connectivity index (χ2n) is 7.63. The average Bonchev–Trinajstić information content (AvgIpc) is 2.66. The zero-order chi connectivity index (χ0) is 22.1. The number of ether oxygens (including phenoxy) is 2. The molecule has 0 bridgehead atoms. The summed E-state index contributed by atoms with van der Waals surface area (Å²) in [5.74, 6) is -0.0770. The second-order valence-corrected chi connectivity index (χ2v) is 7.63. The monoisotopic (exact) mass is 413 g/mol. The first-order valence-electron chi connectivity index (χ1n) is 9.47. The first-order chi connectivity index (χ1) is 14.1. The van der Waals surface area contributed by atoms with Gasteiger partial charge in [0.2, 0.25) is 5.91 Å². The van der Waals surface area contributed by atoms with Crippen molar-refractivity contribution in [2.24, 2.45) is 0 Å². The van der Waals surface area contributed by atoms with Gasteiger partial charge in [-0.15, -0.1) is 0 Å². The molecule has 30 heavy (non-hydrogen) atoms. The summed E-state index contributed by atoms with van der Waals surface area (Å²) < 4.78 is 10.5. The molecule has 0 aliphatic heterocycles. The van der Waals surface area contributed by atoms with Crippen LogP contribution in [0, 0.1) is 6.92 Å². The van der Waals surface area contributed by atoms with E-state index in [1.165, 1.54) is 0 Å². The Morgan fingerprint density at radius 1 is 0.833 bits per heavy atom. The molecule has 0 saturated heterocycles. The molecule has 2 rings (SSSR count). The molecule has 0 aliphatic rings. The molecule has 2 aromatic rings. The van der Waals surface area contributed by atoms with Gasteiger partial charge in [0, 0.05) is 11.4 Å². The van der Waals surface area contributed by atoms with Crippen molar-refractivity contribution in [1.29, 1.82) is 0 Å². The molecule has 0 aliphatic carbocycles. The predicted octanol–water partition coefficient (Wildman–Crippen LogP) is 3.48. The molecule has 2 aromatic carbocycles. The van der Waals surface area contributed by atoms with Gasteiger partial charge in [0.25, 0.3) is 5.91 Å². The van der Waals surface area contributed by atoms with E-state index in [2.05, 4.69) is 16.0 Å². The number of alkyl carbamates (subject to hydrolysis) is 1. The van der Waals surface area contributed by atoms with Crippen LogP contribution in [0.2, 0.25) is 0 Å². The van der Waals surface area contributed by atoms with Crippen molar-refractivity contribution in [3.8, 4) is 5.75 Å². The van der Waals surface area contributed by atoms with Gasteiger partial charge in [-0.3, -0.25) is 9.59 Å². The molecule has 0 spiro atoms. The van der Waals surface area contributed by atoms with Gasteiger partial charge in [-0.2, -0.15) is 0 Å². The van der Waals surface area contributed by atoms with E-state index in [9.17, 15) is 14.4 Å². The van der Waals surface area contributed by atoms with E-state index < -0.39 is 17.6 Å². The zero-order valence-electron chi connectivity index (χ0n) is 17.6. The highest BCUT2D eigenvalue weighted by molar-refractivity contribution is 5.95. The number of carbonyl (C=O) groups excluding carboxylic acids is 3. The fraction of sp³-hybridized carbons (Fsp3) is 0.318. The van der Waals surface area contributed by atoms with Gasteiger partial charge in [0.05, 0.1) is 0 Å². The third-order valence-corrected chi connectivity index (χ3v) is 3.64. The fourth-order valence-electron chi connectivity index (χ4n) is 2.29. The van der Waals surface area contributed by atoms with Crippen LogP contribution < -0.4 is 20.7 Å². The van der Waals surface area contributed by atoms with E-state index in [0.717, 1.165) is 5.56 Å². The smallest absolute Gasteiger partial charge is 0.408 e. The molecule has 0 atom stereocenters. The number of hydrogen-bond acceptors (Lipinski definition) is 5. The van der Waals surface area contributed by atoms with E-state index in [1.54, 1.807) is 57.2 Å². The zero-order valence-corrected chi connectivity index (χ0v) is 17.6. The molecular formula is C22H27N3O5. The third kappa shape index (κ3) is 8.64. The number of aryl methyl sites for hydroxylation is 1. The van der Waals surface area contributed by atoms with Crippen LogP contribution in [0.1, 0.15) is 26.3 Å². The molecule has 160 valence electrons. The van der Waals surface area contributed by atoms with Gasteiger partial charge in [0.1, 0.15) is 17.9 Å². The van der Waals surface area contributed by atoms with Crippen molar-refractivity contribution in [2.75, 3.05) is 23.8 Å². The first kappa shape index (κ1) is 22.7. The average molecular weight is 413 g/mol. The number of benzene rings is 2. The maximum Gasteiger partial charge on any atom is 0.408 e. The first-order valence-corrected chi connectivity index (χ1v) is 9.47. The molecule has 0 saturated carbocycles. The Morgan fingerprint density at radius 3 is 1.90 bits per heavy atom. The van der Waals surface area contributed by atoms with E-state index >= 15 is 0 Å². The number of nitrogens with one attached hydrogen (secondary N) is 3. The Hall–Kier alpha value is -3.55. The van der Waals surface area contributed by atoms with Crippen molar-refractivity contribution >= 4 is 29.3 Å². The van der Waals surface area contributed by atoms with Gasteiger partial charge in [-0.25, -0.2) is 4.79 Å². The lowest BCUT2D eigenvalue weighted by atomic mass is 10.2. The normalized spacial score (nSPS) is 10.7. The largest absolute Gasteiger partial charge is 0.484 e. The number of anilines is 2. The van der Waals surface area contributed by atoms with Gasteiger partial charge >= 0.3 is 6.09 Å². The van der Waals surface area contributed by atoms with Gasteiger partial charge in [-0.1, -0.05) is 17.7 Å². The van der Waals surface area contributed by atoms with E-state index in [1.807, 2.05) is 19.1 Å². The molecule has 0 unspecified atom stereocenters. The van der Waals surface area contributed by atoms with E-state index in [4.69, 9.17) is 9.47 Å². The second kappa shape index (κ2) is 10.3. The van der Waals surface area contributed by atoms with Crippen LogP contribution in [0.15, 0.2) is 48.5 Å². The van der Waals surface area contributed by atoms with Crippen LogP contribution in [0.5, 0.6) is 5.75 Å². The van der Waals surface area contributed by atoms with Crippen LogP contribution in [-0.4, -0.2) is 36.7 Å². The summed E-state index contributed by atoms with van der Waals surface area (Å²) in [5, 5.41) is 7.74. The fourth-order valence-corrected chi connectivity index (χ4v) is 2.29. The lowest BCUT2D eigenvalue weighted by Gasteiger charge is -2.19. The molecular weight excluding hydrogens is 386 g/mol. The lowest BCUT2D eigenvalue weighted by molar-refractivity contribution is -0.118. The number of amides is 3. The molecule has 8 nitrogen and oxygen atoms in total. The summed E-state index contributed by atoms with van der Waals surface area (Å²) in [5.41, 5.74) is 1.57. The molecule has 3 N–H and O–H groups in total. The molecule has 0 fully saturated rings. The minimum Gasteiger partial charge on any atom is -0.484 e. The van der Waals surface area contributed by atoms with Crippen LogP contribution in [0.3, 0.4) is 0 Å². The third-order valence-electron chi connectivity index (χ3n) is 3.64. The summed E-state index contributed by atoms with van der Waals surface area (Å²) in [6.45, 7) is 6.85. The van der Waals surface area contributed by atoms with Crippen molar-refractivity contribution in [3.63, 3.8) is 0 Å². The summed E-state index contributed by atoms with van der Waals surface area (Å²) in [4.78, 5) is 35.5. The predicted molar refractivity (Wildman–Crippen MR) is 115 cm³/mol. The van der Waals surface area contributed by atoms with Crippen molar-refractivity contribution in [1.82, 2.24) is 5.32 Å². The molecule has 0 heterocycles. The van der Waals surface area contributed by atoms with Crippen molar-refractivity contribution in [3.05, 3.63) is 54.1 Å². The van der Waals surface area contributed by atoms with Crippen LogP contribution in [-0.2, 0) is 14.3 Å². The summed E-state index contributed by atoms with van der Waals surface area (Å²) in [6, 6.07) is 14.0. The SMILES string of the molecule is Cc1ccc(OCC(=O)Nc2ccc(NC(=O)CNC(=O)OC(C)(C)C)cc2)cc1. The summed E-state index contributed by atoms with van der Waals surface area (Å²) >= 11 is 0. The molecule has 3 amide bonds. The minimum absolute atomic E-state index is 0.113. The van der Waals surface area contributed by atoms with Crippen molar-refractivity contribution in [2.45, 2.75) is 33.3 Å². The number of hydrogen-bond donors (Lipinski definition) is 3. The number of carbonyl (C=O) groups is 3. The van der Waals surface area contributed by atoms with Crippen molar-refractivity contribution < 1.29 is 23.9 Å².